The molecule has 0 saturated heterocycles. The van der Waals surface area contributed by atoms with Crippen LogP contribution in [-0.4, -0.2) is 34.4 Å². The van der Waals surface area contributed by atoms with Gasteiger partial charge in [0, 0.05) is 5.71 Å². The maximum atomic E-state index is 12.6. The fraction of sp³-hybridized carbons (Fsp3) is 0.462. The van der Waals surface area contributed by atoms with Crippen LogP contribution in [0.1, 0.15) is 12.5 Å². The summed E-state index contributed by atoms with van der Waals surface area (Å²) in [6.07, 6.45) is -8.99. The minimum Gasteiger partial charge on any atom is -0.383 e. The maximum absolute atomic E-state index is 12.6. The van der Waals surface area contributed by atoms with Crippen LogP contribution in [0.15, 0.2) is 29.4 Å². The van der Waals surface area contributed by atoms with E-state index >= 15 is 0 Å². The van der Waals surface area contributed by atoms with E-state index in [0.29, 0.717) is 5.69 Å². The largest absolute Gasteiger partial charge is 0.415 e. The van der Waals surface area contributed by atoms with Crippen LogP contribution >= 0.6 is 0 Å². The van der Waals surface area contributed by atoms with Gasteiger partial charge in [0.25, 0.3) is 0 Å². The number of nitrogens with zero attached hydrogens (tertiary/aromatic N) is 2. The molecule has 0 aliphatic carbocycles. The molecular weight excluding hydrogens is 273 g/mol. The zero-order chi connectivity index (χ0) is 15.1. The Labute approximate surface area is 114 Å². The molecule has 0 bridgehead atoms. The van der Waals surface area contributed by atoms with Crippen LogP contribution in [0.3, 0.4) is 0 Å². The Kier molecular flexibility index (Phi) is 3.75. The van der Waals surface area contributed by atoms with Crippen molar-refractivity contribution in [3.63, 3.8) is 0 Å². The van der Waals surface area contributed by atoms with E-state index in [1.807, 2.05) is 6.92 Å². The molecule has 1 aromatic carbocycles. The molecule has 1 aromatic rings. The second-order valence-corrected chi connectivity index (χ2v) is 4.85. The normalized spacial score (nSPS) is 24.8. The third kappa shape index (κ3) is 2.64. The lowest BCUT2D eigenvalue weighted by atomic mass is 9.96. The Morgan fingerprint density at radius 1 is 1.20 bits per heavy atom. The van der Waals surface area contributed by atoms with Gasteiger partial charge in [-0.05, 0) is 26.0 Å². The first-order valence-corrected chi connectivity index (χ1v) is 6.05. The molecule has 3 unspecified atom stereocenters. The van der Waals surface area contributed by atoms with Crippen molar-refractivity contribution >= 4 is 11.4 Å². The highest BCUT2D eigenvalue weighted by molar-refractivity contribution is 5.89. The molecule has 2 rings (SSSR count). The summed E-state index contributed by atoms with van der Waals surface area (Å²) in [6.45, 7) is 3.23. The average Bonchev–Trinajstić information content (AvgIpc) is 2.64. The molecule has 20 heavy (non-hydrogen) atoms. The van der Waals surface area contributed by atoms with Gasteiger partial charge in [0.15, 0.2) is 12.3 Å². The second kappa shape index (κ2) is 5.06. The number of anilines is 1. The zero-order valence-corrected chi connectivity index (χ0v) is 11.0. The molecule has 110 valence electrons. The molecule has 1 heterocycles. The number of aliphatic hydroxyl groups excluding tert-OH is 2. The fourth-order valence-corrected chi connectivity index (χ4v) is 2.17. The molecule has 7 heteroatoms. The third-order valence-electron chi connectivity index (χ3n) is 3.29. The van der Waals surface area contributed by atoms with Gasteiger partial charge in [-0.3, -0.25) is 0 Å². The smallest absolute Gasteiger partial charge is 0.383 e. The minimum atomic E-state index is -4.80. The summed E-state index contributed by atoms with van der Waals surface area (Å²) in [7, 11) is 0. The first kappa shape index (κ1) is 14.8. The van der Waals surface area contributed by atoms with Crippen molar-refractivity contribution in [1.29, 1.82) is 0 Å². The molecule has 0 radical (unpaired) electrons. The van der Waals surface area contributed by atoms with Crippen molar-refractivity contribution in [3.05, 3.63) is 29.8 Å². The molecule has 0 saturated carbocycles. The summed E-state index contributed by atoms with van der Waals surface area (Å²) in [4.78, 5) is 0. The Hall–Kier alpha value is -1.60. The average molecular weight is 288 g/mol. The zero-order valence-electron chi connectivity index (χ0n) is 11.0. The molecule has 4 nitrogen and oxygen atoms in total. The highest BCUT2D eigenvalue weighted by Crippen LogP contribution is 2.35. The van der Waals surface area contributed by atoms with Crippen molar-refractivity contribution in [1.82, 2.24) is 0 Å². The summed E-state index contributed by atoms with van der Waals surface area (Å²) in [5.74, 6) is -1.49. The summed E-state index contributed by atoms with van der Waals surface area (Å²) >= 11 is 0. The van der Waals surface area contributed by atoms with E-state index < -0.39 is 24.4 Å². The topological polar surface area (TPSA) is 56.1 Å². The molecule has 3 atom stereocenters. The molecule has 0 fully saturated rings. The molecule has 1 aliphatic rings. The van der Waals surface area contributed by atoms with Crippen LogP contribution in [0.2, 0.25) is 0 Å². The van der Waals surface area contributed by atoms with Crippen molar-refractivity contribution in [2.24, 2.45) is 11.0 Å². The lowest BCUT2D eigenvalue weighted by Crippen LogP contribution is -2.46. The number of hydrogen-bond donors (Lipinski definition) is 2. The van der Waals surface area contributed by atoms with Crippen LogP contribution in [0.5, 0.6) is 0 Å². The van der Waals surface area contributed by atoms with Crippen molar-refractivity contribution in [3.8, 4) is 0 Å². The van der Waals surface area contributed by atoms with Gasteiger partial charge in [0.2, 0.25) is 0 Å². The van der Waals surface area contributed by atoms with E-state index in [2.05, 4.69) is 5.10 Å². The Morgan fingerprint density at radius 3 is 2.25 bits per heavy atom. The summed E-state index contributed by atoms with van der Waals surface area (Å²) < 4.78 is 37.8. The number of aliphatic hydroxyl groups is 2. The quantitative estimate of drug-likeness (QED) is 0.875. The fourth-order valence-electron chi connectivity index (χ4n) is 2.17. The van der Waals surface area contributed by atoms with Gasteiger partial charge < -0.3 is 10.2 Å². The molecular formula is C13H15F3N2O2. The first-order valence-electron chi connectivity index (χ1n) is 6.05. The first-order chi connectivity index (χ1) is 9.21. The van der Waals surface area contributed by atoms with Gasteiger partial charge >= 0.3 is 6.18 Å². The Morgan fingerprint density at radius 2 is 1.75 bits per heavy atom. The Bertz CT molecular complexity index is 513. The SMILES string of the molecule is CC1=NN(c2ccc(C)cc2)C(O)C1C(O)C(F)(F)F. The molecule has 0 spiro atoms. The van der Waals surface area contributed by atoms with Crippen LogP contribution in [0.4, 0.5) is 18.9 Å². The summed E-state index contributed by atoms with van der Waals surface area (Å²) in [6, 6.07) is 6.83. The van der Waals surface area contributed by atoms with Crippen LogP contribution < -0.4 is 5.01 Å². The lowest BCUT2D eigenvalue weighted by molar-refractivity contribution is -0.219. The number of alkyl halides is 3. The number of halogens is 3. The predicted molar refractivity (Wildman–Crippen MR) is 68.3 cm³/mol. The standard InChI is InChI=1S/C13H15F3N2O2/c1-7-3-5-9(6-4-7)18-12(20)10(8(2)17-18)11(19)13(14,15)16/h3-6,10-12,19-20H,1-2H3. The molecule has 0 aromatic heterocycles. The van der Waals surface area contributed by atoms with Gasteiger partial charge in [-0.2, -0.15) is 18.3 Å². The maximum Gasteiger partial charge on any atom is 0.415 e. The molecule has 1 aliphatic heterocycles. The van der Waals surface area contributed by atoms with Crippen molar-refractivity contribution in [2.75, 3.05) is 5.01 Å². The van der Waals surface area contributed by atoms with E-state index in [1.165, 1.54) is 6.92 Å². The Balaban J connectivity index is 2.27. The van der Waals surface area contributed by atoms with E-state index in [-0.39, 0.29) is 5.71 Å². The number of hydrazone groups is 1. The number of benzene rings is 1. The van der Waals surface area contributed by atoms with Crippen molar-refractivity contribution < 1.29 is 23.4 Å². The van der Waals surface area contributed by atoms with E-state index in [4.69, 9.17) is 0 Å². The van der Waals surface area contributed by atoms with Gasteiger partial charge in [-0.25, -0.2) is 5.01 Å². The monoisotopic (exact) mass is 288 g/mol. The van der Waals surface area contributed by atoms with Crippen LogP contribution in [-0.2, 0) is 0 Å². The van der Waals surface area contributed by atoms with E-state index in [9.17, 15) is 23.4 Å². The lowest BCUT2D eigenvalue weighted by Gasteiger charge is -2.27. The van der Waals surface area contributed by atoms with E-state index in [1.54, 1.807) is 24.3 Å². The number of rotatable bonds is 2. The summed E-state index contributed by atoms with van der Waals surface area (Å²) in [5, 5.41) is 24.4. The number of hydrogen-bond acceptors (Lipinski definition) is 4. The third-order valence-corrected chi connectivity index (χ3v) is 3.29. The number of aryl methyl sites for hydroxylation is 1. The van der Waals surface area contributed by atoms with Crippen LogP contribution in [0.25, 0.3) is 0 Å². The van der Waals surface area contributed by atoms with Gasteiger partial charge in [-0.15, -0.1) is 0 Å². The van der Waals surface area contributed by atoms with E-state index in [0.717, 1.165) is 10.6 Å². The predicted octanol–water partition coefficient (Wildman–Crippen LogP) is 2.05. The second-order valence-electron chi connectivity index (χ2n) is 4.85. The highest BCUT2D eigenvalue weighted by Gasteiger charge is 2.51. The van der Waals surface area contributed by atoms with Crippen molar-refractivity contribution in [2.45, 2.75) is 32.4 Å². The molecule has 0 amide bonds. The highest BCUT2D eigenvalue weighted by atomic mass is 19.4. The van der Waals surface area contributed by atoms with Crippen LogP contribution in [0, 0.1) is 12.8 Å². The van der Waals surface area contributed by atoms with Gasteiger partial charge in [-0.1, -0.05) is 17.7 Å². The van der Waals surface area contributed by atoms with Gasteiger partial charge in [0.05, 0.1) is 11.6 Å². The molecule has 2 N–H and O–H groups in total. The summed E-state index contributed by atoms with van der Waals surface area (Å²) in [5.41, 5.74) is 1.50. The van der Waals surface area contributed by atoms with Gasteiger partial charge in [0.1, 0.15) is 0 Å². The minimum absolute atomic E-state index is 0.0444.